The molecule has 1 amide bonds. The van der Waals surface area contributed by atoms with Gasteiger partial charge >= 0.3 is 5.97 Å². The maximum absolute atomic E-state index is 12.1. The van der Waals surface area contributed by atoms with Crippen LogP contribution in [0.25, 0.3) is 0 Å². The Balaban J connectivity index is 1.82. The summed E-state index contributed by atoms with van der Waals surface area (Å²) in [5.74, 6) is -1.29. The number of β-amino-alcohol motifs (C(OH)–C–C–N with tert-alkyl or cyclic N) is 1. The zero-order valence-electron chi connectivity index (χ0n) is 10.8. The van der Waals surface area contributed by atoms with Crippen LogP contribution in [-0.4, -0.2) is 45.7 Å². The number of likely N-dealkylation sites (tertiary alicyclic amines) is 1. The minimum absolute atomic E-state index is 0.0273. The van der Waals surface area contributed by atoms with Gasteiger partial charge in [0.2, 0.25) is 5.91 Å². The first-order chi connectivity index (χ1) is 8.45. The number of carboxylic acid groups (broad SMARTS) is 1. The second kappa shape index (κ2) is 4.88. The van der Waals surface area contributed by atoms with Gasteiger partial charge in [-0.05, 0) is 25.7 Å². The third-order valence-corrected chi connectivity index (χ3v) is 4.13. The highest BCUT2D eigenvalue weighted by molar-refractivity contribution is 5.82. The maximum Gasteiger partial charge on any atom is 0.306 e. The smallest absolute Gasteiger partial charge is 0.306 e. The lowest BCUT2D eigenvalue weighted by molar-refractivity contribution is -0.160. The van der Waals surface area contributed by atoms with Crippen molar-refractivity contribution in [2.24, 2.45) is 11.8 Å². The van der Waals surface area contributed by atoms with Crippen molar-refractivity contribution in [3.05, 3.63) is 0 Å². The number of carbonyl (C=O) groups is 2. The Morgan fingerprint density at radius 1 is 1.28 bits per heavy atom. The number of rotatable bonds is 4. The molecule has 0 spiro atoms. The molecule has 1 aliphatic carbocycles. The first-order valence-electron chi connectivity index (χ1n) is 6.69. The molecule has 0 unspecified atom stereocenters. The van der Waals surface area contributed by atoms with Crippen molar-refractivity contribution in [1.29, 1.82) is 0 Å². The number of nitrogens with zero attached hydrogens (tertiary/aromatic N) is 1. The van der Waals surface area contributed by atoms with E-state index in [1.165, 1.54) is 0 Å². The second-order valence-corrected chi connectivity index (χ2v) is 5.71. The van der Waals surface area contributed by atoms with E-state index in [9.17, 15) is 14.7 Å². The zero-order chi connectivity index (χ0) is 13.3. The summed E-state index contributed by atoms with van der Waals surface area (Å²) in [6.07, 6.45) is 3.34. The van der Waals surface area contributed by atoms with Gasteiger partial charge in [-0.1, -0.05) is 13.3 Å². The normalized spacial score (nSPS) is 30.0. The van der Waals surface area contributed by atoms with E-state index >= 15 is 0 Å². The van der Waals surface area contributed by atoms with E-state index in [1.807, 2.05) is 6.92 Å². The molecule has 102 valence electrons. The number of hydrogen-bond donors (Lipinski definition) is 2. The molecule has 2 aliphatic rings. The number of aliphatic carboxylic acids is 1. The van der Waals surface area contributed by atoms with Gasteiger partial charge < -0.3 is 15.1 Å². The largest absolute Gasteiger partial charge is 0.481 e. The lowest BCUT2D eigenvalue weighted by Gasteiger charge is -2.47. The number of aliphatic hydroxyl groups is 1. The van der Waals surface area contributed by atoms with Crippen molar-refractivity contribution in [2.75, 3.05) is 13.1 Å². The Hall–Kier alpha value is -1.10. The molecule has 1 heterocycles. The molecule has 0 aromatic rings. The van der Waals surface area contributed by atoms with Crippen molar-refractivity contribution in [3.63, 3.8) is 0 Å². The highest BCUT2D eigenvalue weighted by Crippen LogP contribution is 2.35. The lowest BCUT2D eigenvalue weighted by Crippen LogP contribution is -2.64. The van der Waals surface area contributed by atoms with Gasteiger partial charge in [0.05, 0.1) is 24.6 Å². The summed E-state index contributed by atoms with van der Waals surface area (Å²) >= 11 is 0. The molecule has 1 aliphatic heterocycles. The maximum atomic E-state index is 12.1. The molecule has 2 N–H and O–H groups in total. The zero-order valence-corrected chi connectivity index (χ0v) is 10.8. The van der Waals surface area contributed by atoms with Crippen molar-refractivity contribution in [3.8, 4) is 0 Å². The summed E-state index contributed by atoms with van der Waals surface area (Å²) in [7, 11) is 0. The Morgan fingerprint density at radius 3 is 2.39 bits per heavy atom. The van der Waals surface area contributed by atoms with E-state index in [0.717, 1.165) is 12.8 Å². The summed E-state index contributed by atoms with van der Waals surface area (Å²) in [5, 5.41) is 18.9. The predicted molar refractivity (Wildman–Crippen MR) is 64.9 cm³/mol. The van der Waals surface area contributed by atoms with Crippen LogP contribution in [0.2, 0.25) is 0 Å². The summed E-state index contributed by atoms with van der Waals surface area (Å²) in [4.78, 5) is 24.6. The molecule has 0 aromatic carbocycles. The predicted octanol–water partition coefficient (Wildman–Crippen LogP) is 0.861. The van der Waals surface area contributed by atoms with Crippen molar-refractivity contribution >= 4 is 11.9 Å². The Bertz CT molecular complexity index is 349. The number of hydrogen-bond acceptors (Lipinski definition) is 3. The van der Waals surface area contributed by atoms with Gasteiger partial charge in [0.15, 0.2) is 0 Å². The second-order valence-electron chi connectivity index (χ2n) is 5.71. The van der Waals surface area contributed by atoms with E-state index < -0.39 is 11.6 Å². The van der Waals surface area contributed by atoms with Gasteiger partial charge in [-0.2, -0.15) is 0 Å². The minimum Gasteiger partial charge on any atom is -0.481 e. The Kier molecular flexibility index (Phi) is 3.61. The van der Waals surface area contributed by atoms with Crippen LogP contribution >= 0.6 is 0 Å². The van der Waals surface area contributed by atoms with Crippen molar-refractivity contribution in [2.45, 2.75) is 44.6 Å². The van der Waals surface area contributed by atoms with Crippen LogP contribution in [0.15, 0.2) is 0 Å². The highest BCUT2D eigenvalue weighted by Gasteiger charge is 2.45. The quantitative estimate of drug-likeness (QED) is 0.781. The van der Waals surface area contributed by atoms with Crippen LogP contribution in [0.1, 0.15) is 39.0 Å². The first kappa shape index (κ1) is 13.3. The minimum atomic E-state index is -0.795. The molecule has 0 radical (unpaired) electrons. The van der Waals surface area contributed by atoms with E-state index in [4.69, 9.17) is 5.11 Å². The molecule has 5 heteroatoms. The molecule has 2 rings (SSSR count). The van der Waals surface area contributed by atoms with Gasteiger partial charge in [0, 0.05) is 5.92 Å². The fourth-order valence-corrected chi connectivity index (χ4v) is 3.13. The fraction of sp³-hybridized carbons (Fsp3) is 0.846. The van der Waals surface area contributed by atoms with Crippen LogP contribution in [-0.2, 0) is 9.59 Å². The summed E-state index contributed by atoms with van der Waals surface area (Å²) in [6.45, 7) is 2.83. The SMILES string of the molecule is CCCC1(O)CN(C(=O)[C@@H]2CC[C@H](C(=O)O)C2)C1. The molecular formula is C13H21NO4. The third-order valence-electron chi connectivity index (χ3n) is 4.13. The standard InChI is InChI=1S/C13H21NO4/c1-2-5-13(18)7-14(8-13)11(15)9-3-4-10(6-9)12(16)17/h9-10,18H,2-8H2,1H3,(H,16,17)/t9-,10+/m1/s1. The molecular weight excluding hydrogens is 234 g/mol. The van der Waals surface area contributed by atoms with Gasteiger partial charge in [0.25, 0.3) is 0 Å². The van der Waals surface area contributed by atoms with Crippen LogP contribution in [0.4, 0.5) is 0 Å². The third kappa shape index (κ3) is 2.51. The van der Waals surface area contributed by atoms with Crippen LogP contribution in [0.3, 0.4) is 0 Å². The van der Waals surface area contributed by atoms with E-state index in [2.05, 4.69) is 0 Å². The molecule has 18 heavy (non-hydrogen) atoms. The molecule has 1 saturated heterocycles. The van der Waals surface area contributed by atoms with Crippen molar-refractivity contribution in [1.82, 2.24) is 4.90 Å². The van der Waals surface area contributed by atoms with Crippen LogP contribution < -0.4 is 0 Å². The molecule has 0 aromatic heterocycles. The summed E-state index contributed by atoms with van der Waals surface area (Å²) in [6, 6.07) is 0. The Labute approximate surface area is 107 Å². The van der Waals surface area contributed by atoms with Gasteiger partial charge in [-0.15, -0.1) is 0 Å². The average molecular weight is 255 g/mol. The van der Waals surface area contributed by atoms with E-state index in [1.54, 1.807) is 4.90 Å². The summed E-state index contributed by atoms with van der Waals surface area (Å²) < 4.78 is 0. The molecule has 1 saturated carbocycles. The van der Waals surface area contributed by atoms with Crippen LogP contribution in [0, 0.1) is 11.8 Å². The van der Waals surface area contributed by atoms with E-state index in [-0.39, 0.29) is 17.7 Å². The number of amides is 1. The number of carbonyl (C=O) groups excluding carboxylic acids is 1. The molecule has 5 nitrogen and oxygen atoms in total. The van der Waals surface area contributed by atoms with Crippen molar-refractivity contribution < 1.29 is 19.8 Å². The highest BCUT2D eigenvalue weighted by atomic mass is 16.4. The Morgan fingerprint density at radius 2 is 1.89 bits per heavy atom. The van der Waals surface area contributed by atoms with Crippen LogP contribution in [0.5, 0.6) is 0 Å². The monoisotopic (exact) mass is 255 g/mol. The topological polar surface area (TPSA) is 77.8 Å². The van der Waals surface area contributed by atoms with Gasteiger partial charge in [-0.3, -0.25) is 9.59 Å². The van der Waals surface area contributed by atoms with Gasteiger partial charge in [-0.25, -0.2) is 0 Å². The fourth-order valence-electron chi connectivity index (χ4n) is 3.13. The summed E-state index contributed by atoms with van der Waals surface area (Å²) in [5.41, 5.74) is -0.699. The van der Waals surface area contributed by atoms with Gasteiger partial charge in [0.1, 0.15) is 0 Å². The molecule has 0 bridgehead atoms. The molecule has 2 atom stereocenters. The first-order valence-corrected chi connectivity index (χ1v) is 6.69. The number of carboxylic acids is 1. The average Bonchev–Trinajstić information content (AvgIpc) is 2.74. The lowest BCUT2D eigenvalue weighted by atomic mass is 9.88. The molecule has 2 fully saturated rings. The van der Waals surface area contributed by atoms with E-state index in [0.29, 0.717) is 32.4 Å².